The van der Waals surface area contributed by atoms with Crippen LogP contribution in [-0.2, 0) is 9.53 Å². The van der Waals surface area contributed by atoms with Crippen LogP contribution in [0, 0.1) is 6.92 Å². The van der Waals surface area contributed by atoms with Crippen LogP contribution in [-0.4, -0.2) is 35.9 Å². The fourth-order valence-corrected chi connectivity index (χ4v) is 1.64. The highest BCUT2D eigenvalue weighted by Crippen LogP contribution is 2.16. The van der Waals surface area contributed by atoms with Gasteiger partial charge in [-0.15, -0.1) is 0 Å². The van der Waals surface area contributed by atoms with E-state index >= 15 is 0 Å². The van der Waals surface area contributed by atoms with Gasteiger partial charge in [0.2, 0.25) is 5.91 Å². The number of hydrogen-bond acceptors (Lipinski definition) is 3. The van der Waals surface area contributed by atoms with Crippen LogP contribution >= 0.6 is 15.9 Å². The molecule has 0 aliphatic rings. The summed E-state index contributed by atoms with van der Waals surface area (Å²) in [7, 11) is 1.65. The summed E-state index contributed by atoms with van der Waals surface area (Å²) in [4.78, 5) is 11.8. The minimum absolute atomic E-state index is 0.0314. The van der Waals surface area contributed by atoms with Gasteiger partial charge >= 0.3 is 0 Å². The van der Waals surface area contributed by atoms with Gasteiger partial charge in [-0.25, -0.2) is 0 Å². The molecule has 96 valence electrons. The summed E-state index contributed by atoms with van der Waals surface area (Å²) >= 11 is 3.38. The highest BCUT2D eigenvalue weighted by molar-refractivity contribution is 9.10. The molecule has 0 aliphatic heterocycles. The van der Waals surface area contributed by atoms with E-state index in [0.717, 1.165) is 16.6 Å². The molecule has 0 saturated heterocycles. The number of nitrogens with one attached hydrogen (secondary N) is 1. The average Bonchev–Trinajstić information content (AvgIpc) is 2.64. The lowest BCUT2D eigenvalue weighted by Crippen LogP contribution is -2.32. The summed E-state index contributed by atoms with van der Waals surface area (Å²) in [6.07, 6.45) is 2.63. The number of rotatable bonds is 6. The normalized spacial score (nSPS) is 12.5. The third-order valence-electron chi connectivity index (χ3n) is 2.46. The smallest absolute Gasteiger partial charge is 0.244 e. The highest BCUT2D eigenvalue weighted by atomic mass is 79.9. The minimum atomic E-state index is -0.303. The fraction of sp³-hybridized carbons (Fsp3) is 0.636. The minimum Gasteiger partial charge on any atom is -0.385 e. The van der Waals surface area contributed by atoms with Gasteiger partial charge in [0.05, 0.1) is 10.2 Å². The van der Waals surface area contributed by atoms with E-state index < -0.39 is 0 Å². The standard InChI is InChI=1S/C11H18BrN3O2/c1-8-10(12)7-15(14-8)9(2)11(16)13-5-4-6-17-3/h7,9H,4-6H2,1-3H3,(H,13,16). The number of aromatic nitrogens is 2. The van der Waals surface area contributed by atoms with Crippen molar-refractivity contribution in [3.05, 3.63) is 16.4 Å². The molecule has 5 nitrogen and oxygen atoms in total. The van der Waals surface area contributed by atoms with Gasteiger partial charge < -0.3 is 10.1 Å². The van der Waals surface area contributed by atoms with Gasteiger partial charge in [0, 0.05) is 26.5 Å². The molecule has 1 aromatic heterocycles. The lowest BCUT2D eigenvalue weighted by Gasteiger charge is -2.12. The second kappa shape index (κ2) is 6.76. The van der Waals surface area contributed by atoms with Crippen molar-refractivity contribution in [2.75, 3.05) is 20.3 Å². The number of aryl methyl sites for hydroxylation is 1. The van der Waals surface area contributed by atoms with E-state index in [0.29, 0.717) is 13.2 Å². The van der Waals surface area contributed by atoms with Crippen LogP contribution in [0.3, 0.4) is 0 Å². The second-order valence-electron chi connectivity index (χ2n) is 3.86. The molecule has 1 N–H and O–H groups in total. The number of halogens is 1. The molecule has 0 fully saturated rings. The van der Waals surface area contributed by atoms with Crippen LogP contribution in [0.2, 0.25) is 0 Å². The van der Waals surface area contributed by atoms with Crippen LogP contribution < -0.4 is 5.32 Å². The Morgan fingerprint density at radius 1 is 1.71 bits per heavy atom. The van der Waals surface area contributed by atoms with Crippen LogP contribution in [0.5, 0.6) is 0 Å². The molecule has 1 amide bonds. The van der Waals surface area contributed by atoms with Gasteiger partial charge in [-0.2, -0.15) is 5.10 Å². The second-order valence-corrected chi connectivity index (χ2v) is 4.71. The number of amides is 1. The van der Waals surface area contributed by atoms with Crippen molar-refractivity contribution < 1.29 is 9.53 Å². The maximum absolute atomic E-state index is 11.8. The van der Waals surface area contributed by atoms with Gasteiger partial charge in [-0.05, 0) is 36.2 Å². The molecule has 6 heteroatoms. The van der Waals surface area contributed by atoms with Gasteiger partial charge in [0.25, 0.3) is 0 Å². The molecule has 0 saturated carbocycles. The quantitative estimate of drug-likeness (QED) is 0.813. The summed E-state index contributed by atoms with van der Waals surface area (Å²) in [5.41, 5.74) is 0.879. The maximum Gasteiger partial charge on any atom is 0.244 e. The van der Waals surface area contributed by atoms with E-state index in [4.69, 9.17) is 4.74 Å². The van der Waals surface area contributed by atoms with Gasteiger partial charge in [-0.1, -0.05) is 0 Å². The van der Waals surface area contributed by atoms with Crippen molar-refractivity contribution in [3.63, 3.8) is 0 Å². The summed E-state index contributed by atoms with van der Waals surface area (Å²) in [5, 5.41) is 7.11. The van der Waals surface area contributed by atoms with Gasteiger partial charge in [-0.3, -0.25) is 9.48 Å². The first-order valence-corrected chi connectivity index (χ1v) is 6.33. The molecule has 1 atom stereocenters. The number of ether oxygens (including phenoxy) is 1. The number of methoxy groups -OCH3 is 1. The average molecular weight is 304 g/mol. The largest absolute Gasteiger partial charge is 0.385 e. The first-order chi connectivity index (χ1) is 8.06. The molecule has 1 aromatic rings. The first-order valence-electron chi connectivity index (χ1n) is 5.54. The number of carbonyl (C=O) groups excluding carboxylic acids is 1. The molecular formula is C11H18BrN3O2. The van der Waals surface area contributed by atoms with Crippen molar-refractivity contribution in [1.82, 2.24) is 15.1 Å². The Hall–Kier alpha value is -0.880. The highest BCUT2D eigenvalue weighted by Gasteiger charge is 2.16. The summed E-state index contributed by atoms with van der Waals surface area (Å²) in [6, 6.07) is -0.303. The van der Waals surface area contributed by atoms with Crippen LogP contribution in [0.25, 0.3) is 0 Å². The monoisotopic (exact) mass is 303 g/mol. The fourth-order valence-electron chi connectivity index (χ4n) is 1.35. The van der Waals surface area contributed by atoms with Gasteiger partial charge in [0.1, 0.15) is 6.04 Å². The lowest BCUT2D eigenvalue weighted by molar-refractivity contribution is -0.124. The third kappa shape index (κ3) is 4.12. The van der Waals surface area contributed by atoms with Crippen molar-refractivity contribution in [2.45, 2.75) is 26.3 Å². The van der Waals surface area contributed by atoms with Crippen LogP contribution in [0.1, 0.15) is 25.1 Å². The molecule has 0 aliphatic carbocycles. The SMILES string of the molecule is COCCCNC(=O)C(C)n1cc(Br)c(C)n1. The van der Waals surface area contributed by atoms with E-state index in [1.54, 1.807) is 11.8 Å². The number of carbonyl (C=O) groups is 1. The van der Waals surface area contributed by atoms with Crippen molar-refractivity contribution in [2.24, 2.45) is 0 Å². The van der Waals surface area contributed by atoms with Crippen molar-refractivity contribution >= 4 is 21.8 Å². The Morgan fingerprint density at radius 2 is 2.41 bits per heavy atom. The Bertz CT molecular complexity index is 359. The molecule has 1 unspecified atom stereocenters. The third-order valence-corrected chi connectivity index (χ3v) is 3.24. The molecule has 17 heavy (non-hydrogen) atoms. The predicted octanol–water partition coefficient (Wildman–Crippen LogP) is 1.67. The van der Waals surface area contributed by atoms with E-state index in [1.165, 1.54) is 0 Å². The van der Waals surface area contributed by atoms with Crippen molar-refractivity contribution in [3.8, 4) is 0 Å². The van der Waals surface area contributed by atoms with E-state index in [2.05, 4.69) is 26.3 Å². The van der Waals surface area contributed by atoms with E-state index in [-0.39, 0.29) is 11.9 Å². The zero-order valence-corrected chi connectivity index (χ0v) is 12.0. The summed E-state index contributed by atoms with van der Waals surface area (Å²) in [5.74, 6) is -0.0314. The Balaban J connectivity index is 2.46. The predicted molar refractivity (Wildman–Crippen MR) is 68.9 cm³/mol. The van der Waals surface area contributed by atoms with Crippen LogP contribution in [0.4, 0.5) is 0 Å². The Labute approximate surface area is 110 Å². The molecular weight excluding hydrogens is 286 g/mol. The molecule has 0 spiro atoms. The lowest BCUT2D eigenvalue weighted by atomic mass is 10.3. The molecule has 0 bridgehead atoms. The Morgan fingerprint density at radius 3 is 2.94 bits per heavy atom. The Kier molecular flexibility index (Phi) is 5.64. The maximum atomic E-state index is 11.8. The zero-order valence-electron chi connectivity index (χ0n) is 10.4. The van der Waals surface area contributed by atoms with Gasteiger partial charge in [0.15, 0.2) is 0 Å². The van der Waals surface area contributed by atoms with Crippen molar-refractivity contribution in [1.29, 1.82) is 0 Å². The number of nitrogens with zero attached hydrogens (tertiary/aromatic N) is 2. The molecule has 1 rings (SSSR count). The number of hydrogen-bond donors (Lipinski definition) is 1. The van der Waals surface area contributed by atoms with E-state index in [9.17, 15) is 4.79 Å². The first kappa shape index (κ1) is 14.2. The summed E-state index contributed by atoms with van der Waals surface area (Å²) in [6.45, 7) is 4.99. The molecule has 0 aromatic carbocycles. The molecule has 0 radical (unpaired) electrons. The van der Waals surface area contributed by atoms with E-state index in [1.807, 2.05) is 20.0 Å². The molecule has 1 heterocycles. The van der Waals surface area contributed by atoms with Crippen LogP contribution in [0.15, 0.2) is 10.7 Å². The zero-order chi connectivity index (χ0) is 12.8. The topological polar surface area (TPSA) is 56.1 Å². The summed E-state index contributed by atoms with van der Waals surface area (Å²) < 4.78 is 7.48.